The van der Waals surface area contributed by atoms with Crippen LogP contribution in [0.5, 0.6) is 0 Å². The minimum atomic E-state index is -0.680. The summed E-state index contributed by atoms with van der Waals surface area (Å²) in [6.07, 6.45) is 6.45. The third kappa shape index (κ3) is 3.74. The van der Waals surface area contributed by atoms with Gasteiger partial charge in [-0.3, -0.25) is 0 Å². The van der Waals surface area contributed by atoms with Gasteiger partial charge in [0.1, 0.15) is 5.70 Å². The van der Waals surface area contributed by atoms with E-state index < -0.39 is 11.9 Å². The summed E-state index contributed by atoms with van der Waals surface area (Å²) < 4.78 is 10.9. The Bertz CT molecular complexity index is 763. The van der Waals surface area contributed by atoms with Crippen molar-refractivity contribution in [3.8, 4) is 0 Å². The molecular formula is C16H12Br2ClNO4. The number of hydrogen-bond donors (Lipinski definition) is 0. The minimum Gasteiger partial charge on any atom is -0.465 e. The number of rotatable bonds is 3. The number of carbonyl (C=O) groups excluding carboxylic acids is 2. The van der Waals surface area contributed by atoms with Crippen LogP contribution in [-0.2, 0) is 19.1 Å². The first-order valence-electron chi connectivity index (χ1n) is 6.60. The van der Waals surface area contributed by atoms with Gasteiger partial charge in [0.25, 0.3) is 0 Å². The molecule has 0 fully saturated rings. The van der Waals surface area contributed by atoms with Crippen molar-refractivity contribution in [1.82, 2.24) is 0 Å². The molecule has 0 saturated heterocycles. The van der Waals surface area contributed by atoms with Crippen LogP contribution in [0.4, 0.5) is 5.69 Å². The second-order valence-electron chi connectivity index (χ2n) is 4.53. The molecule has 1 aliphatic heterocycles. The monoisotopic (exact) mass is 475 g/mol. The quantitative estimate of drug-likeness (QED) is 0.606. The third-order valence-electron chi connectivity index (χ3n) is 3.11. The molecule has 0 aromatic heterocycles. The zero-order valence-electron chi connectivity index (χ0n) is 12.7. The smallest absolute Gasteiger partial charge is 0.355 e. The number of carbonyl (C=O) groups is 2. The Morgan fingerprint density at radius 1 is 1.04 bits per heavy atom. The lowest BCUT2D eigenvalue weighted by molar-refractivity contribution is -0.139. The topological polar surface area (TPSA) is 55.8 Å². The van der Waals surface area contributed by atoms with Gasteiger partial charge in [0.15, 0.2) is 0 Å². The maximum atomic E-state index is 12.4. The Morgan fingerprint density at radius 3 is 2.17 bits per heavy atom. The summed E-state index contributed by atoms with van der Waals surface area (Å²) in [4.78, 5) is 26.0. The summed E-state index contributed by atoms with van der Waals surface area (Å²) in [5.41, 5.74) is 0.683. The SMILES string of the molecule is COC(=O)C1=C(C(=O)OC)N(c2c(Br)cc(Cl)cc2Br)C=CC=C1. The highest BCUT2D eigenvalue weighted by Crippen LogP contribution is 2.40. The van der Waals surface area contributed by atoms with Crippen LogP contribution in [0.1, 0.15) is 0 Å². The van der Waals surface area contributed by atoms with Crippen molar-refractivity contribution in [3.63, 3.8) is 0 Å². The standard InChI is InChI=1S/C16H12Br2ClNO4/c1-23-15(21)10-5-3-4-6-20(13(10)16(22)24-2)14-11(17)7-9(19)8-12(14)18/h3-8H,1-2H3. The van der Waals surface area contributed by atoms with Crippen molar-refractivity contribution >= 4 is 61.1 Å². The van der Waals surface area contributed by atoms with Crippen molar-refractivity contribution in [2.45, 2.75) is 0 Å². The summed E-state index contributed by atoms with van der Waals surface area (Å²) in [6, 6.07) is 3.36. The van der Waals surface area contributed by atoms with Gasteiger partial charge in [0.2, 0.25) is 0 Å². The summed E-state index contributed by atoms with van der Waals surface area (Å²) in [5, 5.41) is 0.506. The largest absolute Gasteiger partial charge is 0.465 e. The number of methoxy groups -OCH3 is 2. The Labute approximate surface area is 160 Å². The fourth-order valence-corrected chi connectivity index (χ4v) is 4.15. The van der Waals surface area contributed by atoms with Gasteiger partial charge in [-0.25, -0.2) is 9.59 Å². The van der Waals surface area contributed by atoms with E-state index in [-0.39, 0.29) is 11.3 Å². The van der Waals surface area contributed by atoms with Crippen LogP contribution in [0.3, 0.4) is 0 Å². The maximum Gasteiger partial charge on any atom is 0.355 e. The summed E-state index contributed by atoms with van der Waals surface area (Å²) in [5.74, 6) is -1.33. The number of allylic oxidation sites excluding steroid dienone is 2. The van der Waals surface area contributed by atoms with Crippen LogP contribution in [0.2, 0.25) is 5.02 Å². The van der Waals surface area contributed by atoms with E-state index in [1.165, 1.54) is 25.2 Å². The van der Waals surface area contributed by atoms with Gasteiger partial charge in [-0.15, -0.1) is 0 Å². The van der Waals surface area contributed by atoms with Gasteiger partial charge in [-0.1, -0.05) is 17.7 Å². The highest BCUT2D eigenvalue weighted by molar-refractivity contribution is 9.11. The number of hydrogen-bond acceptors (Lipinski definition) is 5. The molecule has 0 spiro atoms. The molecular weight excluding hydrogens is 465 g/mol. The van der Waals surface area contributed by atoms with E-state index in [0.717, 1.165) is 0 Å². The Morgan fingerprint density at radius 2 is 1.62 bits per heavy atom. The van der Waals surface area contributed by atoms with Crippen molar-refractivity contribution in [3.05, 3.63) is 61.8 Å². The van der Waals surface area contributed by atoms with Crippen molar-refractivity contribution in [2.24, 2.45) is 0 Å². The second-order valence-corrected chi connectivity index (χ2v) is 6.68. The molecule has 1 aromatic rings. The molecule has 0 amide bonds. The predicted molar refractivity (Wildman–Crippen MR) is 98.7 cm³/mol. The molecule has 8 heteroatoms. The molecule has 0 bridgehead atoms. The molecule has 126 valence electrons. The van der Waals surface area contributed by atoms with E-state index in [0.29, 0.717) is 19.7 Å². The molecule has 0 N–H and O–H groups in total. The zero-order valence-corrected chi connectivity index (χ0v) is 16.6. The normalized spacial score (nSPS) is 13.8. The Hall–Kier alpha value is -1.57. The molecule has 0 atom stereocenters. The van der Waals surface area contributed by atoms with E-state index in [4.69, 9.17) is 21.1 Å². The fourth-order valence-electron chi connectivity index (χ4n) is 2.10. The molecule has 0 saturated carbocycles. The van der Waals surface area contributed by atoms with Gasteiger partial charge < -0.3 is 14.4 Å². The average molecular weight is 478 g/mol. The molecule has 0 radical (unpaired) electrons. The highest BCUT2D eigenvalue weighted by atomic mass is 79.9. The first kappa shape index (κ1) is 18.8. The molecule has 2 rings (SSSR count). The highest BCUT2D eigenvalue weighted by Gasteiger charge is 2.29. The molecule has 5 nitrogen and oxygen atoms in total. The Balaban J connectivity index is 2.75. The first-order chi connectivity index (χ1) is 11.4. The van der Waals surface area contributed by atoms with Gasteiger partial charge >= 0.3 is 11.9 Å². The number of ether oxygens (including phenoxy) is 2. The molecule has 1 heterocycles. The van der Waals surface area contributed by atoms with Crippen LogP contribution in [0.25, 0.3) is 0 Å². The van der Waals surface area contributed by atoms with Gasteiger partial charge in [-0.2, -0.15) is 0 Å². The van der Waals surface area contributed by atoms with Gasteiger partial charge in [-0.05, 0) is 56.1 Å². The summed E-state index contributed by atoms with van der Waals surface area (Å²) >= 11 is 12.9. The van der Waals surface area contributed by atoms with Gasteiger partial charge in [0, 0.05) is 20.2 Å². The van der Waals surface area contributed by atoms with Crippen molar-refractivity contribution in [1.29, 1.82) is 0 Å². The van der Waals surface area contributed by atoms with E-state index >= 15 is 0 Å². The lowest BCUT2D eigenvalue weighted by Gasteiger charge is -2.25. The predicted octanol–water partition coefficient (Wildman–Crippen LogP) is 4.36. The van der Waals surface area contributed by atoms with Crippen molar-refractivity contribution < 1.29 is 19.1 Å². The zero-order chi connectivity index (χ0) is 17.9. The van der Waals surface area contributed by atoms with Crippen molar-refractivity contribution in [2.75, 3.05) is 19.1 Å². The van der Waals surface area contributed by atoms with Crippen LogP contribution >= 0.6 is 43.5 Å². The number of halogens is 3. The summed E-state index contributed by atoms with van der Waals surface area (Å²) in [7, 11) is 2.49. The minimum absolute atomic E-state index is 0.0260. The number of esters is 2. The second kappa shape index (κ2) is 8.00. The number of benzene rings is 1. The summed E-state index contributed by atoms with van der Waals surface area (Å²) in [6.45, 7) is 0. The lowest BCUT2D eigenvalue weighted by Crippen LogP contribution is -2.27. The number of anilines is 1. The lowest BCUT2D eigenvalue weighted by atomic mass is 10.1. The molecule has 1 aliphatic rings. The maximum absolute atomic E-state index is 12.4. The average Bonchev–Trinajstić information content (AvgIpc) is 2.75. The number of nitrogens with zero attached hydrogens (tertiary/aromatic N) is 1. The fraction of sp³-hybridized carbons (Fsp3) is 0.125. The molecule has 1 aromatic carbocycles. The van der Waals surface area contributed by atoms with Crippen LogP contribution in [0.15, 0.2) is 56.8 Å². The van der Waals surface area contributed by atoms with Gasteiger partial charge in [0.05, 0.1) is 25.5 Å². The van der Waals surface area contributed by atoms with E-state index in [1.807, 2.05) is 0 Å². The molecule has 0 aliphatic carbocycles. The van der Waals surface area contributed by atoms with Crippen LogP contribution in [-0.4, -0.2) is 26.2 Å². The Kier molecular flexibility index (Phi) is 6.26. The van der Waals surface area contributed by atoms with E-state index in [9.17, 15) is 9.59 Å². The molecule has 24 heavy (non-hydrogen) atoms. The third-order valence-corrected chi connectivity index (χ3v) is 4.54. The van der Waals surface area contributed by atoms with Crippen LogP contribution in [0, 0.1) is 0 Å². The molecule has 0 unspecified atom stereocenters. The van der Waals surface area contributed by atoms with E-state index in [2.05, 4.69) is 31.9 Å². The van der Waals surface area contributed by atoms with E-state index in [1.54, 1.807) is 30.5 Å². The first-order valence-corrected chi connectivity index (χ1v) is 8.56. The van der Waals surface area contributed by atoms with Crippen LogP contribution < -0.4 is 4.90 Å².